The molecule has 1 aliphatic rings. The van der Waals surface area contributed by atoms with Crippen LogP contribution < -0.4 is 14.1 Å². The Bertz CT molecular complexity index is 868. The normalized spacial score (nSPS) is 11.8. The van der Waals surface area contributed by atoms with Crippen LogP contribution in [-0.4, -0.2) is 14.2 Å². The molecule has 0 amide bonds. The Kier molecular flexibility index (Phi) is 9.55. The van der Waals surface area contributed by atoms with Gasteiger partial charge in [-0.25, -0.2) is 0 Å². The van der Waals surface area contributed by atoms with Gasteiger partial charge in [0.2, 0.25) is 0 Å². The first-order valence-electron chi connectivity index (χ1n) is 8.68. The van der Waals surface area contributed by atoms with Gasteiger partial charge in [-0.2, -0.15) is 14.2 Å². The van der Waals surface area contributed by atoms with E-state index in [4.69, 9.17) is 10.2 Å². The maximum absolute atomic E-state index is 8.25. The fourth-order valence-electron chi connectivity index (χ4n) is 2.87. The van der Waals surface area contributed by atoms with E-state index in [0.717, 1.165) is 28.8 Å². The first-order valence-corrected chi connectivity index (χ1v) is 11.2. The molecule has 3 aromatic rings. The van der Waals surface area contributed by atoms with E-state index in [9.17, 15) is 0 Å². The second-order valence-corrected chi connectivity index (χ2v) is 9.18. The van der Waals surface area contributed by atoms with Gasteiger partial charge in [-0.15, -0.1) is 0 Å². The molecule has 1 unspecified atom stereocenters. The fraction of sp³-hybridized carbons (Fsp3) is 0.130. The second kappa shape index (κ2) is 11.9. The zero-order valence-corrected chi connectivity index (χ0v) is 18.2. The minimum Gasteiger partial charge on any atom is -0.857 e. The Morgan fingerprint density at radius 3 is 1.96 bits per heavy atom. The Hall–Kier alpha value is -1.67. The molecule has 1 aliphatic carbocycles. The molecule has 4 heteroatoms. The summed E-state index contributed by atoms with van der Waals surface area (Å²) in [4.78, 5) is 0. The summed E-state index contributed by atoms with van der Waals surface area (Å²) in [6.07, 6.45) is 7.97. The van der Waals surface area contributed by atoms with Crippen molar-refractivity contribution in [1.82, 2.24) is 0 Å². The van der Waals surface area contributed by atoms with Gasteiger partial charge in [0.1, 0.15) is 0 Å². The summed E-state index contributed by atoms with van der Waals surface area (Å²) < 4.78 is 3.26. The molecule has 1 atom stereocenters. The Balaban J connectivity index is 0.000000614. The molecule has 136 valence electrons. The molecule has 0 fully saturated rings. The van der Waals surface area contributed by atoms with E-state index in [1.165, 1.54) is 16.4 Å². The minimum atomic E-state index is -0.212. The standard InChI is InChI=1S/C16H12P.C5H5.2CH3O.Ti/c1-3-7-13(8-4-1)15-11-12-16(17-15)14-9-5-2-6-10-14;1-2-4-5-3-1;2*1-2;/h1-11,17H;1-3H,4H2;2*1H3;/q;;2*-1;+2. The van der Waals surface area contributed by atoms with Gasteiger partial charge < -0.3 is 10.2 Å². The van der Waals surface area contributed by atoms with Crippen LogP contribution >= 0.6 is 8.19 Å². The van der Waals surface area contributed by atoms with Crippen LogP contribution in [0.2, 0.25) is 0 Å². The smallest absolute Gasteiger partial charge is 0.153 e. The fourth-order valence-corrected chi connectivity index (χ4v) is 6.89. The third-order valence-corrected chi connectivity index (χ3v) is 8.05. The summed E-state index contributed by atoms with van der Waals surface area (Å²) in [5.41, 5.74) is 2.78. The number of hydrogen-bond acceptors (Lipinski definition) is 2. The topological polar surface area (TPSA) is 46.1 Å². The molecule has 0 spiro atoms. The van der Waals surface area contributed by atoms with Crippen LogP contribution in [-0.2, 0) is 19.2 Å². The van der Waals surface area contributed by atoms with E-state index in [2.05, 4.69) is 85.0 Å². The summed E-state index contributed by atoms with van der Waals surface area (Å²) in [7, 11) is 2.27. The second-order valence-electron chi connectivity index (χ2n) is 5.65. The first kappa shape index (κ1) is 21.6. The van der Waals surface area contributed by atoms with Crippen molar-refractivity contribution >= 4 is 12.1 Å². The van der Waals surface area contributed by atoms with Crippen LogP contribution in [0, 0.1) is 0 Å². The van der Waals surface area contributed by atoms with E-state index >= 15 is 0 Å². The minimum absolute atomic E-state index is 0.212. The van der Waals surface area contributed by atoms with Crippen molar-refractivity contribution in [2.24, 2.45) is 0 Å². The summed E-state index contributed by atoms with van der Waals surface area (Å²) >= 11 is -0.212. The molecule has 0 radical (unpaired) electrons. The zero-order valence-electron chi connectivity index (χ0n) is 15.6. The van der Waals surface area contributed by atoms with Crippen molar-refractivity contribution in [3.05, 3.63) is 88.8 Å². The Morgan fingerprint density at radius 2 is 1.41 bits per heavy atom. The molecule has 2 nitrogen and oxygen atoms in total. The number of benzene rings is 2. The quantitative estimate of drug-likeness (QED) is 0.618. The molecule has 0 saturated heterocycles. The average molecular weight is 410 g/mol. The SMILES string of the molecule is C1=CC[C]([Ti+2][c]2cc(-c3ccccc3)[pH]c2-c2ccccc2)=C1.C[O-].C[O-]. The molecule has 1 aromatic heterocycles. The van der Waals surface area contributed by atoms with Crippen LogP contribution in [0.4, 0.5) is 0 Å². The first-order chi connectivity index (χ1) is 13.4. The molecule has 1 heterocycles. The molecular formula is C23H23O2PTi. The van der Waals surface area contributed by atoms with E-state index in [-0.39, 0.29) is 19.2 Å². The maximum atomic E-state index is 8.25. The van der Waals surface area contributed by atoms with Crippen molar-refractivity contribution in [1.29, 1.82) is 0 Å². The monoisotopic (exact) mass is 410 g/mol. The number of allylic oxidation sites excluding steroid dienone is 4. The van der Waals surface area contributed by atoms with Crippen LogP contribution in [0.15, 0.2) is 88.8 Å². The van der Waals surface area contributed by atoms with Crippen LogP contribution in [0.3, 0.4) is 0 Å². The Morgan fingerprint density at radius 1 is 0.815 bits per heavy atom. The van der Waals surface area contributed by atoms with E-state index in [1.807, 2.05) is 0 Å². The largest absolute Gasteiger partial charge is 0.857 e. The molecule has 0 aliphatic heterocycles. The molecule has 27 heavy (non-hydrogen) atoms. The van der Waals surface area contributed by atoms with Gasteiger partial charge in [0.05, 0.1) is 0 Å². The molecule has 4 rings (SSSR count). The van der Waals surface area contributed by atoms with E-state index in [0.29, 0.717) is 0 Å². The molecule has 2 aromatic carbocycles. The van der Waals surface area contributed by atoms with Gasteiger partial charge in [-0.1, -0.05) is 0 Å². The predicted molar refractivity (Wildman–Crippen MR) is 110 cm³/mol. The van der Waals surface area contributed by atoms with Crippen LogP contribution in [0.5, 0.6) is 0 Å². The number of hydrogen-bond donors (Lipinski definition) is 0. The maximum Gasteiger partial charge on any atom is -0.153 e. The number of rotatable bonds is 4. The Labute approximate surface area is 172 Å². The summed E-state index contributed by atoms with van der Waals surface area (Å²) in [5, 5.41) is 19.6. The predicted octanol–water partition coefficient (Wildman–Crippen LogP) is 3.56. The molecular weight excluding hydrogens is 387 g/mol. The van der Waals surface area contributed by atoms with Crippen LogP contribution in [0.1, 0.15) is 6.42 Å². The van der Waals surface area contributed by atoms with E-state index < -0.39 is 0 Å². The van der Waals surface area contributed by atoms with Crippen molar-refractivity contribution in [3.8, 4) is 21.7 Å². The average Bonchev–Trinajstić information content (AvgIpc) is 3.43. The zero-order chi connectivity index (χ0) is 19.5. The summed E-state index contributed by atoms with van der Waals surface area (Å²) in [5.74, 6) is 0. The third kappa shape index (κ3) is 5.91. The van der Waals surface area contributed by atoms with E-state index in [1.54, 1.807) is 13.0 Å². The molecule has 0 N–H and O–H groups in total. The van der Waals surface area contributed by atoms with Gasteiger partial charge in [-0.3, -0.25) is 0 Å². The van der Waals surface area contributed by atoms with Gasteiger partial charge in [0, 0.05) is 0 Å². The van der Waals surface area contributed by atoms with Crippen molar-refractivity contribution < 1.29 is 29.4 Å². The molecule has 0 saturated carbocycles. The van der Waals surface area contributed by atoms with Crippen molar-refractivity contribution in [2.75, 3.05) is 14.2 Å². The van der Waals surface area contributed by atoms with Crippen molar-refractivity contribution in [2.45, 2.75) is 6.42 Å². The van der Waals surface area contributed by atoms with Crippen LogP contribution in [0.25, 0.3) is 21.7 Å². The molecule has 0 bridgehead atoms. The van der Waals surface area contributed by atoms with Crippen molar-refractivity contribution in [3.63, 3.8) is 0 Å². The van der Waals surface area contributed by atoms with Gasteiger partial charge in [0.25, 0.3) is 0 Å². The third-order valence-electron chi connectivity index (χ3n) is 4.03. The van der Waals surface area contributed by atoms with Gasteiger partial charge in [-0.05, 0) is 0 Å². The summed E-state index contributed by atoms with van der Waals surface area (Å²) in [6.45, 7) is 0. The van der Waals surface area contributed by atoms with Gasteiger partial charge in [0.15, 0.2) is 0 Å². The summed E-state index contributed by atoms with van der Waals surface area (Å²) in [6, 6.07) is 24.3. The van der Waals surface area contributed by atoms with Gasteiger partial charge >= 0.3 is 148 Å².